The summed E-state index contributed by atoms with van der Waals surface area (Å²) in [5.41, 5.74) is -0.702. The maximum absolute atomic E-state index is 12.6. The molecule has 0 saturated carbocycles. The second-order valence-electron chi connectivity index (χ2n) is 6.87. The Balaban J connectivity index is 2.26. The van der Waals surface area contributed by atoms with E-state index in [2.05, 4.69) is 11.5 Å². The first-order valence-corrected chi connectivity index (χ1v) is 7.65. The largest absolute Gasteiger partial charge is 0.783 e. The molecule has 2 heterocycles. The van der Waals surface area contributed by atoms with E-state index in [0.717, 1.165) is 35.1 Å². The Morgan fingerprint density at radius 1 is 1.19 bits per heavy atom. The molecule has 2 rings (SSSR count). The lowest BCUT2D eigenvalue weighted by molar-refractivity contribution is -0.697. The van der Waals surface area contributed by atoms with Gasteiger partial charge in [0.2, 0.25) is 0 Å². The third-order valence-corrected chi connectivity index (χ3v) is 5.03. The predicted molar refractivity (Wildman–Crippen MR) is 80.2 cm³/mol. The highest BCUT2D eigenvalue weighted by Crippen LogP contribution is 2.47. The van der Waals surface area contributed by atoms with Crippen molar-refractivity contribution in [2.45, 2.75) is 71.2 Å². The molecule has 1 fully saturated rings. The summed E-state index contributed by atoms with van der Waals surface area (Å²) in [6, 6.07) is 3.77. The summed E-state index contributed by atoms with van der Waals surface area (Å²) < 4.78 is 2.09. The summed E-state index contributed by atoms with van der Waals surface area (Å²) in [6.07, 6.45) is 5.39. The molecule has 1 aromatic rings. The van der Waals surface area contributed by atoms with Crippen LogP contribution in [-0.2, 0) is 11.8 Å². The van der Waals surface area contributed by atoms with Gasteiger partial charge in [0.15, 0.2) is 12.4 Å². The molecule has 0 amide bonds. The van der Waals surface area contributed by atoms with E-state index in [1.165, 1.54) is 0 Å². The average molecular weight is 292 g/mol. The zero-order valence-corrected chi connectivity index (χ0v) is 13.7. The molecule has 0 unspecified atom stereocenters. The number of aromatic nitrogens is 1. The highest BCUT2D eigenvalue weighted by atomic mass is 16.6. The number of hydrogen-bond acceptors (Lipinski definition) is 3. The molecular formula is C16H26N3O2. The number of unbranched alkanes of at least 4 members (excludes halogenated alkanes) is 1. The first-order valence-electron chi connectivity index (χ1n) is 7.65. The van der Waals surface area contributed by atoms with Crippen LogP contribution in [0, 0.1) is 5.21 Å². The molecule has 5 nitrogen and oxygen atoms in total. The fraction of sp³-hybridized carbons (Fsp3) is 0.688. The number of aryl methyl sites for hydroxylation is 1. The van der Waals surface area contributed by atoms with Gasteiger partial charge in [-0.3, -0.25) is 0 Å². The van der Waals surface area contributed by atoms with Crippen molar-refractivity contribution >= 4 is 0 Å². The molecule has 1 saturated heterocycles. The fourth-order valence-electron chi connectivity index (χ4n) is 2.65. The van der Waals surface area contributed by atoms with Crippen LogP contribution in [0.3, 0.4) is 0 Å². The number of pyridine rings is 1. The monoisotopic (exact) mass is 292 g/mol. The first-order chi connectivity index (χ1) is 9.73. The minimum absolute atomic E-state index is 0.729. The number of hydroxylamine groups is 4. The van der Waals surface area contributed by atoms with Gasteiger partial charge < -0.3 is 10.3 Å². The van der Waals surface area contributed by atoms with Crippen molar-refractivity contribution in [1.82, 2.24) is 10.1 Å². The van der Waals surface area contributed by atoms with E-state index in [4.69, 9.17) is 0 Å². The lowest BCUT2D eigenvalue weighted by Gasteiger charge is -2.44. The van der Waals surface area contributed by atoms with Crippen LogP contribution in [0.15, 0.2) is 24.5 Å². The van der Waals surface area contributed by atoms with Crippen molar-refractivity contribution in [2.24, 2.45) is 0 Å². The molecule has 1 aliphatic rings. The summed E-state index contributed by atoms with van der Waals surface area (Å²) in [6.45, 7) is 10.4. The fourth-order valence-corrected chi connectivity index (χ4v) is 2.65. The Morgan fingerprint density at radius 2 is 1.76 bits per heavy atom. The smallest absolute Gasteiger partial charge is 0.169 e. The number of nitrogens with zero attached hydrogens (tertiary/aromatic N) is 3. The Kier molecular flexibility index (Phi) is 4.40. The van der Waals surface area contributed by atoms with E-state index < -0.39 is 17.2 Å². The van der Waals surface area contributed by atoms with Gasteiger partial charge in [-0.25, -0.2) is 4.57 Å². The summed E-state index contributed by atoms with van der Waals surface area (Å²) in [5.74, 6) is 0. The lowest BCUT2D eigenvalue weighted by atomic mass is 9.84. The topological polar surface area (TPSA) is 53.3 Å². The molecule has 1 aromatic heterocycles. The summed E-state index contributed by atoms with van der Waals surface area (Å²) >= 11 is 0. The predicted octanol–water partition coefficient (Wildman–Crippen LogP) is 2.79. The second-order valence-corrected chi connectivity index (χ2v) is 6.87. The molecule has 0 aromatic carbocycles. The van der Waals surface area contributed by atoms with E-state index in [1.54, 1.807) is 0 Å². The Hall–Kier alpha value is -1.01. The van der Waals surface area contributed by atoms with Crippen LogP contribution in [0.1, 0.15) is 59.2 Å². The van der Waals surface area contributed by atoms with Crippen LogP contribution in [0.4, 0.5) is 0 Å². The van der Waals surface area contributed by atoms with Crippen molar-refractivity contribution in [3.63, 3.8) is 0 Å². The van der Waals surface area contributed by atoms with Gasteiger partial charge in [0.25, 0.3) is 0 Å². The number of hydrogen-bond donors (Lipinski definition) is 0. The minimum atomic E-state index is -0.768. The van der Waals surface area contributed by atoms with Crippen molar-refractivity contribution in [2.75, 3.05) is 0 Å². The molecule has 0 aliphatic carbocycles. The van der Waals surface area contributed by atoms with Gasteiger partial charge in [-0.15, -0.1) is 10.3 Å². The van der Waals surface area contributed by atoms with Crippen molar-refractivity contribution < 1.29 is 9.77 Å². The van der Waals surface area contributed by atoms with Crippen LogP contribution >= 0.6 is 0 Å². The molecule has 0 atom stereocenters. The van der Waals surface area contributed by atoms with Crippen molar-refractivity contribution in [1.29, 1.82) is 0 Å². The first kappa shape index (κ1) is 16.4. The van der Waals surface area contributed by atoms with Gasteiger partial charge in [-0.1, -0.05) is 13.3 Å². The Morgan fingerprint density at radius 3 is 2.19 bits per heavy atom. The van der Waals surface area contributed by atoms with Gasteiger partial charge in [0.05, 0.1) is 5.54 Å². The highest BCUT2D eigenvalue weighted by Gasteiger charge is 2.55. The zero-order valence-electron chi connectivity index (χ0n) is 13.7. The molecule has 1 radical (unpaired) electrons. The SMILES string of the molecule is CCCC[n+]1ccc(C2N([O])C(C)(C)C(C)(C)N2[O-])cc1. The van der Waals surface area contributed by atoms with Crippen LogP contribution in [-0.4, -0.2) is 21.2 Å². The molecule has 1 aliphatic heterocycles. The summed E-state index contributed by atoms with van der Waals surface area (Å²) in [5, 5.41) is 27.0. The lowest BCUT2D eigenvalue weighted by Crippen LogP contribution is -2.51. The quantitative estimate of drug-likeness (QED) is 0.802. The average Bonchev–Trinajstić information content (AvgIpc) is 2.56. The van der Waals surface area contributed by atoms with Crippen molar-refractivity contribution in [3.05, 3.63) is 35.3 Å². The van der Waals surface area contributed by atoms with Gasteiger partial charge in [-0.05, 0) is 33.3 Å². The highest BCUT2D eigenvalue weighted by molar-refractivity contribution is 5.20. The van der Waals surface area contributed by atoms with Gasteiger partial charge >= 0.3 is 0 Å². The standard InChI is InChI=1S/C16H26N3O2/c1-6-7-10-17-11-8-13(9-12-17)14-18(20)15(2,3)16(4,5)19(14)21/h8-9,11-12,14H,6-7,10H2,1-5H3. The van der Waals surface area contributed by atoms with Crippen LogP contribution in [0.5, 0.6) is 0 Å². The van der Waals surface area contributed by atoms with Crippen LogP contribution in [0.2, 0.25) is 0 Å². The second kappa shape index (κ2) is 5.65. The molecule has 21 heavy (non-hydrogen) atoms. The third-order valence-electron chi connectivity index (χ3n) is 5.03. The number of rotatable bonds is 4. The summed E-state index contributed by atoms with van der Waals surface area (Å²) in [7, 11) is 0. The zero-order chi connectivity index (χ0) is 15.8. The maximum atomic E-state index is 12.6. The summed E-state index contributed by atoms with van der Waals surface area (Å²) in [4.78, 5) is 0. The van der Waals surface area contributed by atoms with E-state index >= 15 is 0 Å². The Bertz CT molecular complexity index is 465. The maximum Gasteiger partial charge on any atom is 0.169 e. The molecule has 0 spiro atoms. The molecule has 117 valence electrons. The van der Waals surface area contributed by atoms with Gasteiger partial charge in [0.1, 0.15) is 12.7 Å². The molecule has 5 heteroatoms. The molecule has 0 bridgehead atoms. The Labute approximate surface area is 127 Å². The van der Waals surface area contributed by atoms with Crippen LogP contribution in [0.25, 0.3) is 0 Å². The van der Waals surface area contributed by atoms with Gasteiger partial charge in [-0.2, -0.15) is 0 Å². The molecular weight excluding hydrogens is 266 g/mol. The van der Waals surface area contributed by atoms with E-state index in [0.29, 0.717) is 0 Å². The van der Waals surface area contributed by atoms with E-state index in [9.17, 15) is 10.4 Å². The minimum Gasteiger partial charge on any atom is -0.783 e. The van der Waals surface area contributed by atoms with Crippen LogP contribution < -0.4 is 4.57 Å². The van der Waals surface area contributed by atoms with E-state index in [1.807, 2.05) is 52.2 Å². The molecule has 0 N–H and O–H groups in total. The van der Waals surface area contributed by atoms with Gasteiger partial charge in [0, 0.05) is 24.1 Å². The third kappa shape index (κ3) is 2.59. The van der Waals surface area contributed by atoms with E-state index in [-0.39, 0.29) is 0 Å². The normalized spacial score (nSPS) is 25.4. The van der Waals surface area contributed by atoms with Crippen molar-refractivity contribution in [3.8, 4) is 0 Å².